The molecule has 0 saturated carbocycles. The van der Waals surface area contributed by atoms with Gasteiger partial charge in [-0.2, -0.15) is 0 Å². The fourth-order valence-electron chi connectivity index (χ4n) is 2.14. The van der Waals surface area contributed by atoms with Crippen molar-refractivity contribution < 1.29 is 14.7 Å². The number of carbonyl (C=O) groups is 2. The summed E-state index contributed by atoms with van der Waals surface area (Å²) in [4.78, 5) is 23.1. The first-order valence-electron chi connectivity index (χ1n) is 7.75. The van der Waals surface area contributed by atoms with Gasteiger partial charge in [-0.15, -0.1) is 0 Å². The molecule has 0 aromatic carbocycles. The van der Waals surface area contributed by atoms with Crippen LogP contribution < -0.4 is 10.6 Å². The zero-order valence-corrected chi connectivity index (χ0v) is 13.2. The molecule has 0 heterocycles. The molecule has 118 valence electrons. The number of carbonyl (C=O) groups excluding carboxylic acids is 1. The van der Waals surface area contributed by atoms with Crippen molar-refractivity contribution in [3.63, 3.8) is 0 Å². The van der Waals surface area contributed by atoms with Crippen molar-refractivity contribution in [1.82, 2.24) is 10.6 Å². The van der Waals surface area contributed by atoms with Crippen LogP contribution in [0.15, 0.2) is 0 Å². The maximum atomic E-state index is 11.9. The summed E-state index contributed by atoms with van der Waals surface area (Å²) in [6, 6.07) is -1.06. The quantitative estimate of drug-likeness (QED) is 0.577. The van der Waals surface area contributed by atoms with Crippen LogP contribution in [0.5, 0.6) is 0 Å². The summed E-state index contributed by atoms with van der Waals surface area (Å²) in [6.45, 7) is 7.95. The molecule has 0 bridgehead atoms. The summed E-state index contributed by atoms with van der Waals surface area (Å²) in [7, 11) is 0. The number of rotatable bonds is 10. The molecule has 2 amide bonds. The highest BCUT2D eigenvalue weighted by atomic mass is 16.4. The standard InChI is InChI=1S/C15H30N2O3/c1-5-8-10-12(9-6-2)16-15(20)17-13(14(18)19)11(4)7-3/h11-13H,5-10H2,1-4H3,(H,18,19)(H2,16,17,20). The van der Waals surface area contributed by atoms with Crippen LogP contribution in [0.1, 0.15) is 66.2 Å². The van der Waals surface area contributed by atoms with Crippen LogP contribution in [0.2, 0.25) is 0 Å². The van der Waals surface area contributed by atoms with E-state index in [4.69, 9.17) is 5.11 Å². The Labute approximate surface area is 122 Å². The molecule has 0 aromatic rings. The first-order valence-corrected chi connectivity index (χ1v) is 7.75. The molecule has 0 fully saturated rings. The largest absolute Gasteiger partial charge is 0.480 e. The van der Waals surface area contributed by atoms with Crippen molar-refractivity contribution >= 4 is 12.0 Å². The highest BCUT2D eigenvalue weighted by Crippen LogP contribution is 2.09. The smallest absolute Gasteiger partial charge is 0.326 e. The Morgan fingerprint density at radius 1 is 1.05 bits per heavy atom. The molecule has 0 spiro atoms. The average Bonchev–Trinajstić information content (AvgIpc) is 2.41. The molecule has 0 rings (SSSR count). The lowest BCUT2D eigenvalue weighted by Crippen LogP contribution is -2.51. The molecule has 20 heavy (non-hydrogen) atoms. The monoisotopic (exact) mass is 286 g/mol. The van der Waals surface area contributed by atoms with E-state index in [0.29, 0.717) is 6.42 Å². The van der Waals surface area contributed by atoms with E-state index >= 15 is 0 Å². The molecule has 3 unspecified atom stereocenters. The number of amides is 2. The summed E-state index contributed by atoms with van der Waals surface area (Å²) in [5, 5.41) is 14.6. The molecular formula is C15H30N2O3. The van der Waals surface area contributed by atoms with Gasteiger partial charge in [0.15, 0.2) is 0 Å². The van der Waals surface area contributed by atoms with Crippen molar-refractivity contribution in [3.8, 4) is 0 Å². The van der Waals surface area contributed by atoms with Crippen molar-refractivity contribution in [1.29, 1.82) is 0 Å². The van der Waals surface area contributed by atoms with E-state index in [1.807, 2.05) is 13.8 Å². The third kappa shape index (κ3) is 7.36. The predicted molar refractivity (Wildman–Crippen MR) is 80.8 cm³/mol. The lowest BCUT2D eigenvalue weighted by atomic mass is 9.99. The van der Waals surface area contributed by atoms with E-state index < -0.39 is 12.0 Å². The van der Waals surface area contributed by atoms with Crippen LogP contribution in [0.3, 0.4) is 0 Å². The minimum Gasteiger partial charge on any atom is -0.480 e. The van der Waals surface area contributed by atoms with Crippen LogP contribution in [-0.2, 0) is 4.79 Å². The number of carboxylic acids is 1. The van der Waals surface area contributed by atoms with Gasteiger partial charge in [0.25, 0.3) is 0 Å². The summed E-state index contributed by atoms with van der Waals surface area (Å²) in [5.41, 5.74) is 0. The second kappa shape index (κ2) is 10.5. The number of aliphatic carboxylic acids is 1. The third-order valence-electron chi connectivity index (χ3n) is 3.64. The Hall–Kier alpha value is -1.26. The molecule has 3 N–H and O–H groups in total. The Bertz CT molecular complexity index is 295. The minimum absolute atomic E-state index is 0.0847. The van der Waals surface area contributed by atoms with Crippen LogP contribution in [0.25, 0.3) is 0 Å². The normalized spacial score (nSPS) is 15.2. The van der Waals surface area contributed by atoms with Gasteiger partial charge in [-0.1, -0.05) is 53.4 Å². The van der Waals surface area contributed by atoms with Gasteiger partial charge < -0.3 is 15.7 Å². The fraction of sp³-hybridized carbons (Fsp3) is 0.867. The zero-order valence-electron chi connectivity index (χ0n) is 13.2. The molecule has 0 aliphatic rings. The molecule has 0 radical (unpaired) electrons. The minimum atomic E-state index is -0.977. The summed E-state index contributed by atoms with van der Waals surface area (Å²) in [6.07, 6.45) is 5.74. The van der Waals surface area contributed by atoms with Crippen LogP contribution >= 0.6 is 0 Å². The number of urea groups is 1. The van der Waals surface area contributed by atoms with Gasteiger partial charge in [0.05, 0.1) is 0 Å². The number of unbranched alkanes of at least 4 members (excludes halogenated alkanes) is 1. The molecule has 0 aromatic heterocycles. The van der Waals surface area contributed by atoms with Crippen LogP contribution in [0.4, 0.5) is 4.79 Å². The van der Waals surface area contributed by atoms with Gasteiger partial charge >= 0.3 is 12.0 Å². The molecule has 5 heteroatoms. The van der Waals surface area contributed by atoms with Crippen molar-refractivity contribution in [3.05, 3.63) is 0 Å². The van der Waals surface area contributed by atoms with E-state index in [9.17, 15) is 9.59 Å². The van der Waals surface area contributed by atoms with Gasteiger partial charge in [-0.25, -0.2) is 9.59 Å². The van der Waals surface area contributed by atoms with Crippen LogP contribution in [-0.4, -0.2) is 29.2 Å². The molecule has 0 aliphatic heterocycles. The first kappa shape index (κ1) is 18.7. The highest BCUT2D eigenvalue weighted by molar-refractivity contribution is 5.82. The molecule has 3 atom stereocenters. The topological polar surface area (TPSA) is 78.4 Å². The SMILES string of the molecule is CCCCC(CCC)NC(=O)NC(C(=O)O)C(C)CC. The van der Waals surface area contributed by atoms with Crippen LogP contribution in [0, 0.1) is 5.92 Å². The highest BCUT2D eigenvalue weighted by Gasteiger charge is 2.25. The molecule has 0 saturated heterocycles. The van der Waals surface area contributed by atoms with Crippen molar-refractivity contribution in [2.45, 2.75) is 78.3 Å². The molecular weight excluding hydrogens is 256 g/mol. The van der Waals surface area contributed by atoms with Gasteiger partial charge in [0.1, 0.15) is 6.04 Å². The number of hydrogen-bond acceptors (Lipinski definition) is 2. The van der Waals surface area contributed by atoms with Gasteiger partial charge in [-0.3, -0.25) is 0 Å². The lowest BCUT2D eigenvalue weighted by molar-refractivity contribution is -0.140. The van der Waals surface area contributed by atoms with Crippen molar-refractivity contribution in [2.24, 2.45) is 5.92 Å². The summed E-state index contributed by atoms with van der Waals surface area (Å²) >= 11 is 0. The second-order valence-corrected chi connectivity index (χ2v) is 5.45. The number of hydrogen-bond donors (Lipinski definition) is 3. The average molecular weight is 286 g/mol. The maximum absolute atomic E-state index is 11.9. The number of carboxylic acid groups (broad SMARTS) is 1. The Balaban J connectivity index is 4.43. The van der Waals surface area contributed by atoms with Gasteiger partial charge in [-0.05, 0) is 18.8 Å². The zero-order chi connectivity index (χ0) is 15.5. The van der Waals surface area contributed by atoms with E-state index in [1.54, 1.807) is 0 Å². The number of nitrogens with one attached hydrogen (secondary N) is 2. The maximum Gasteiger partial charge on any atom is 0.326 e. The lowest BCUT2D eigenvalue weighted by Gasteiger charge is -2.23. The molecule has 5 nitrogen and oxygen atoms in total. The Morgan fingerprint density at radius 2 is 1.70 bits per heavy atom. The second-order valence-electron chi connectivity index (χ2n) is 5.45. The predicted octanol–water partition coefficient (Wildman–Crippen LogP) is 3.14. The van der Waals surface area contributed by atoms with E-state index in [0.717, 1.165) is 32.1 Å². The van der Waals surface area contributed by atoms with E-state index in [1.165, 1.54) is 0 Å². The fourth-order valence-corrected chi connectivity index (χ4v) is 2.14. The Kier molecular flexibility index (Phi) is 9.86. The van der Waals surface area contributed by atoms with Gasteiger partial charge in [0.2, 0.25) is 0 Å². The third-order valence-corrected chi connectivity index (χ3v) is 3.64. The van der Waals surface area contributed by atoms with E-state index in [2.05, 4.69) is 24.5 Å². The first-order chi connectivity index (χ1) is 9.46. The summed E-state index contributed by atoms with van der Waals surface area (Å²) < 4.78 is 0. The van der Waals surface area contributed by atoms with Crippen molar-refractivity contribution in [2.75, 3.05) is 0 Å². The molecule has 0 aliphatic carbocycles. The van der Waals surface area contributed by atoms with Gasteiger partial charge in [0, 0.05) is 6.04 Å². The Morgan fingerprint density at radius 3 is 2.15 bits per heavy atom. The van der Waals surface area contributed by atoms with E-state index in [-0.39, 0.29) is 18.0 Å². The summed E-state index contributed by atoms with van der Waals surface area (Å²) in [5.74, 6) is -1.06.